The number of hydrogen-bond acceptors (Lipinski definition) is 0. The van der Waals surface area contributed by atoms with Crippen LogP contribution in [0.2, 0.25) is 0 Å². The molecule has 0 bridgehead atoms. The standard InChI is InChI=1S/C9H14N/c1-2-3-4-6-9-7-5-8-10-9/h5,7-8,10H,1-4,6H2. The molecule has 1 aromatic heterocycles. The van der Waals surface area contributed by atoms with Gasteiger partial charge in [0.15, 0.2) is 0 Å². The Labute approximate surface area is 62.5 Å². The minimum absolute atomic E-state index is 1.06. The Morgan fingerprint density at radius 2 is 2.30 bits per heavy atom. The van der Waals surface area contributed by atoms with Gasteiger partial charge in [0.1, 0.15) is 0 Å². The first-order valence-corrected chi connectivity index (χ1v) is 3.85. The van der Waals surface area contributed by atoms with Gasteiger partial charge in [0.2, 0.25) is 0 Å². The topological polar surface area (TPSA) is 15.8 Å². The highest BCUT2D eigenvalue weighted by Gasteiger charge is 1.90. The summed E-state index contributed by atoms with van der Waals surface area (Å²) in [4.78, 5) is 3.18. The smallest absolute Gasteiger partial charge is 0.0147 e. The van der Waals surface area contributed by atoms with Gasteiger partial charge in [-0.05, 0) is 25.0 Å². The second-order valence-corrected chi connectivity index (χ2v) is 2.51. The van der Waals surface area contributed by atoms with E-state index in [9.17, 15) is 0 Å². The number of aromatic nitrogens is 1. The number of nitrogens with one attached hydrogen (secondary N) is 1. The maximum atomic E-state index is 3.79. The average molecular weight is 136 g/mol. The molecule has 0 atom stereocenters. The zero-order chi connectivity index (χ0) is 7.23. The molecule has 1 aromatic rings. The lowest BCUT2D eigenvalue weighted by Gasteiger charge is -1.94. The summed E-state index contributed by atoms with van der Waals surface area (Å²) in [7, 11) is 0. The van der Waals surface area contributed by atoms with E-state index >= 15 is 0 Å². The zero-order valence-corrected chi connectivity index (χ0v) is 6.27. The van der Waals surface area contributed by atoms with Crippen molar-refractivity contribution >= 4 is 0 Å². The average Bonchev–Trinajstić information content (AvgIpc) is 2.41. The zero-order valence-electron chi connectivity index (χ0n) is 6.27. The SMILES string of the molecule is [CH2]CCCCc1ccc[nH]1. The van der Waals surface area contributed by atoms with Crippen LogP contribution in [0.1, 0.15) is 25.0 Å². The van der Waals surface area contributed by atoms with Crippen molar-refractivity contribution in [3.8, 4) is 0 Å². The molecule has 1 heterocycles. The summed E-state index contributed by atoms with van der Waals surface area (Å²) in [6.45, 7) is 3.79. The van der Waals surface area contributed by atoms with Crippen molar-refractivity contribution in [2.45, 2.75) is 25.7 Å². The highest BCUT2D eigenvalue weighted by atomic mass is 14.7. The molecule has 0 fully saturated rings. The van der Waals surface area contributed by atoms with Crippen molar-refractivity contribution in [1.82, 2.24) is 4.98 Å². The number of H-pyrrole nitrogens is 1. The molecule has 1 heteroatoms. The molecule has 0 aromatic carbocycles. The van der Waals surface area contributed by atoms with Crippen LogP contribution in [0.15, 0.2) is 18.3 Å². The third kappa shape index (κ3) is 2.26. The van der Waals surface area contributed by atoms with Crippen LogP contribution >= 0.6 is 0 Å². The molecule has 0 spiro atoms. The number of rotatable bonds is 4. The van der Waals surface area contributed by atoms with Gasteiger partial charge >= 0.3 is 0 Å². The summed E-state index contributed by atoms with van der Waals surface area (Å²) in [5, 5.41) is 0. The fourth-order valence-corrected chi connectivity index (χ4v) is 1.02. The largest absolute Gasteiger partial charge is 0.365 e. The van der Waals surface area contributed by atoms with Crippen molar-refractivity contribution in [3.63, 3.8) is 0 Å². The molecule has 1 N–H and O–H groups in total. The van der Waals surface area contributed by atoms with Gasteiger partial charge in [-0.3, -0.25) is 0 Å². The van der Waals surface area contributed by atoms with Crippen LogP contribution in [-0.4, -0.2) is 4.98 Å². The van der Waals surface area contributed by atoms with Crippen LogP contribution in [0.5, 0.6) is 0 Å². The van der Waals surface area contributed by atoms with E-state index in [1.807, 2.05) is 12.3 Å². The molecular weight excluding hydrogens is 122 g/mol. The van der Waals surface area contributed by atoms with E-state index in [0.29, 0.717) is 0 Å². The second-order valence-electron chi connectivity index (χ2n) is 2.51. The van der Waals surface area contributed by atoms with Gasteiger partial charge in [0.25, 0.3) is 0 Å². The summed E-state index contributed by atoms with van der Waals surface area (Å²) in [5.74, 6) is 0. The predicted octanol–water partition coefficient (Wildman–Crippen LogP) is 2.56. The van der Waals surface area contributed by atoms with E-state index in [1.54, 1.807) is 0 Å². The third-order valence-corrected chi connectivity index (χ3v) is 1.61. The summed E-state index contributed by atoms with van der Waals surface area (Å²) in [6.07, 6.45) is 6.69. The van der Waals surface area contributed by atoms with Crippen LogP contribution in [0.25, 0.3) is 0 Å². The Bertz CT molecular complexity index is 153. The lowest BCUT2D eigenvalue weighted by molar-refractivity contribution is 0.736. The molecule has 0 aliphatic carbocycles. The van der Waals surface area contributed by atoms with Crippen molar-refractivity contribution in [2.24, 2.45) is 0 Å². The van der Waals surface area contributed by atoms with Crippen molar-refractivity contribution in [2.75, 3.05) is 0 Å². The Balaban J connectivity index is 2.15. The van der Waals surface area contributed by atoms with Gasteiger partial charge in [-0.25, -0.2) is 0 Å². The van der Waals surface area contributed by atoms with Crippen molar-refractivity contribution in [3.05, 3.63) is 30.9 Å². The highest BCUT2D eigenvalue weighted by molar-refractivity contribution is 5.03. The van der Waals surface area contributed by atoms with Gasteiger partial charge < -0.3 is 4.98 Å². The normalized spacial score (nSPS) is 10.1. The van der Waals surface area contributed by atoms with Crippen molar-refractivity contribution in [1.29, 1.82) is 0 Å². The van der Waals surface area contributed by atoms with Crippen molar-refractivity contribution < 1.29 is 0 Å². The molecular formula is C9H14N. The maximum Gasteiger partial charge on any atom is 0.0147 e. The van der Waals surface area contributed by atoms with E-state index in [1.165, 1.54) is 25.0 Å². The summed E-state index contributed by atoms with van der Waals surface area (Å²) in [5.41, 5.74) is 1.34. The number of hydrogen-bond donors (Lipinski definition) is 1. The summed E-state index contributed by atoms with van der Waals surface area (Å²) >= 11 is 0. The molecule has 1 rings (SSSR count). The lowest BCUT2D eigenvalue weighted by Crippen LogP contribution is -1.83. The number of aromatic amines is 1. The maximum absolute atomic E-state index is 3.79. The van der Waals surface area contributed by atoms with Crippen LogP contribution in [0, 0.1) is 6.92 Å². The fraction of sp³-hybridized carbons (Fsp3) is 0.444. The Kier molecular flexibility index (Phi) is 3.07. The quantitative estimate of drug-likeness (QED) is 0.612. The van der Waals surface area contributed by atoms with Crippen LogP contribution in [0.3, 0.4) is 0 Å². The van der Waals surface area contributed by atoms with Gasteiger partial charge in [-0.1, -0.05) is 19.8 Å². The Morgan fingerprint density at radius 3 is 2.90 bits per heavy atom. The van der Waals surface area contributed by atoms with Gasteiger partial charge in [-0.15, -0.1) is 0 Å². The van der Waals surface area contributed by atoms with Gasteiger partial charge in [-0.2, -0.15) is 0 Å². The summed E-state index contributed by atoms with van der Waals surface area (Å²) in [6, 6.07) is 4.17. The summed E-state index contributed by atoms with van der Waals surface area (Å²) < 4.78 is 0. The van der Waals surface area contributed by atoms with E-state index in [-0.39, 0.29) is 0 Å². The van der Waals surface area contributed by atoms with E-state index in [2.05, 4.69) is 18.0 Å². The minimum atomic E-state index is 1.06. The first-order chi connectivity index (χ1) is 4.93. The predicted molar refractivity (Wildman–Crippen MR) is 43.7 cm³/mol. The third-order valence-electron chi connectivity index (χ3n) is 1.61. The lowest BCUT2D eigenvalue weighted by atomic mass is 10.2. The Hall–Kier alpha value is -0.720. The molecule has 1 radical (unpaired) electrons. The van der Waals surface area contributed by atoms with E-state index < -0.39 is 0 Å². The first-order valence-electron chi connectivity index (χ1n) is 3.85. The molecule has 0 saturated heterocycles. The van der Waals surface area contributed by atoms with Gasteiger partial charge in [0.05, 0.1) is 0 Å². The first kappa shape index (κ1) is 7.39. The minimum Gasteiger partial charge on any atom is -0.365 e. The van der Waals surface area contributed by atoms with Crippen LogP contribution < -0.4 is 0 Å². The second kappa shape index (κ2) is 4.15. The van der Waals surface area contributed by atoms with Crippen LogP contribution in [-0.2, 0) is 6.42 Å². The molecule has 55 valence electrons. The van der Waals surface area contributed by atoms with Gasteiger partial charge in [0, 0.05) is 11.9 Å². The number of unbranched alkanes of at least 4 members (excludes halogenated alkanes) is 2. The molecule has 0 unspecified atom stereocenters. The molecule has 0 aliphatic heterocycles. The monoisotopic (exact) mass is 136 g/mol. The number of aryl methyl sites for hydroxylation is 1. The Morgan fingerprint density at radius 1 is 1.40 bits per heavy atom. The molecule has 0 saturated carbocycles. The fourth-order valence-electron chi connectivity index (χ4n) is 1.02. The molecule has 0 amide bonds. The highest BCUT2D eigenvalue weighted by Crippen LogP contribution is 2.02. The molecule has 1 nitrogen and oxygen atoms in total. The van der Waals surface area contributed by atoms with E-state index in [0.717, 1.165) is 6.42 Å². The molecule has 10 heavy (non-hydrogen) atoms. The van der Waals surface area contributed by atoms with E-state index in [4.69, 9.17) is 0 Å². The molecule has 0 aliphatic rings. The van der Waals surface area contributed by atoms with Crippen LogP contribution in [0.4, 0.5) is 0 Å².